The van der Waals surface area contributed by atoms with Crippen LogP contribution in [-0.4, -0.2) is 15.0 Å². The highest BCUT2D eigenvalue weighted by Gasteiger charge is 2.34. The molecule has 4 nitrogen and oxygen atoms in total. The van der Waals surface area contributed by atoms with E-state index in [0.717, 1.165) is 35.3 Å². The zero-order valence-corrected chi connectivity index (χ0v) is 26.4. The molecule has 9 rings (SSSR count). The Morgan fingerprint density at radius 3 is 1.60 bits per heavy atom. The second-order valence-corrected chi connectivity index (χ2v) is 12.3. The predicted molar refractivity (Wildman–Crippen MR) is 195 cm³/mol. The number of nitrogens with zero attached hydrogens (tertiary/aromatic N) is 4. The first-order chi connectivity index (χ1) is 23.8. The summed E-state index contributed by atoms with van der Waals surface area (Å²) < 4.78 is 0. The number of para-hydroxylation sites is 2. The van der Waals surface area contributed by atoms with E-state index in [-0.39, 0.29) is 0 Å². The van der Waals surface area contributed by atoms with Gasteiger partial charge in [0.05, 0.1) is 11.4 Å². The average molecular weight is 617 g/mol. The molecule has 0 fully saturated rings. The van der Waals surface area contributed by atoms with Gasteiger partial charge in [-0.3, -0.25) is 4.90 Å². The highest BCUT2D eigenvalue weighted by atomic mass is 15.3. The van der Waals surface area contributed by atoms with E-state index >= 15 is 0 Å². The Hall–Kier alpha value is -6.13. The quantitative estimate of drug-likeness (QED) is 0.197. The lowest BCUT2D eigenvalue weighted by atomic mass is 9.84. The van der Waals surface area contributed by atoms with Crippen molar-refractivity contribution in [2.45, 2.75) is 18.8 Å². The molecule has 1 aliphatic carbocycles. The molecule has 0 spiro atoms. The third-order valence-electron chi connectivity index (χ3n) is 9.56. The predicted octanol–water partition coefficient (Wildman–Crippen LogP) is 10.9. The normalized spacial score (nSPS) is 15.0. The van der Waals surface area contributed by atoms with Crippen molar-refractivity contribution in [2.75, 3.05) is 4.90 Å². The molecule has 1 atom stereocenters. The molecule has 1 aromatic heterocycles. The maximum absolute atomic E-state index is 5.21. The summed E-state index contributed by atoms with van der Waals surface area (Å²) in [6.45, 7) is 0. The standard InChI is InChI=1S/C44H32N4/c1-4-16-30(17-5-1)33-28-29-37-35-23-12-14-26-39(35)48(40-27-15-13-25-38(40)41(37)36-24-11-10-22-34(33)36)44-46-42(31-18-6-2-7-19-31)45-43(47-44)32-20-8-3-9-21-32/h1-27,33H,28-29H2. The van der Waals surface area contributed by atoms with Crippen LogP contribution in [0.1, 0.15) is 46.6 Å². The summed E-state index contributed by atoms with van der Waals surface area (Å²) in [6, 6.07) is 57.8. The molecule has 2 aliphatic rings. The van der Waals surface area contributed by atoms with E-state index in [2.05, 4.69) is 132 Å². The molecule has 0 saturated carbocycles. The van der Waals surface area contributed by atoms with Crippen LogP contribution in [0.3, 0.4) is 0 Å². The molecule has 0 bridgehead atoms. The van der Waals surface area contributed by atoms with Crippen LogP contribution < -0.4 is 4.90 Å². The van der Waals surface area contributed by atoms with Crippen molar-refractivity contribution >= 4 is 28.5 Å². The fourth-order valence-electron chi connectivity index (χ4n) is 7.42. The first-order valence-electron chi connectivity index (χ1n) is 16.6. The summed E-state index contributed by atoms with van der Waals surface area (Å²) in [7, 11) is 0. The summed E-state index contributed by atoms with van der Waals surface area (Å²) >= 11 is 0. The van der Waals surface area contributed by atoms with E-state index in [1.165, 1.54) is 39.0 Å². The maximum atomic E-state index is 5.21. The lowest BCUT2D eigenvalue weighted by Gasteiger charge is -2.27. The van der Waals surface area contributed by atoms with Crippen LogP contribution in [0, 0.1) is 0 Å². The van der Waals surface area contributed by atoms with Gasteiger partial charge in [0.1, 0.15) is 0 Å². The van der Waals surface area contributed by atoms with Crippen LogP contribution in [0.25, 0.3) is 33.9 Å². The van der Waals surface area contributed by atoms with Crippen molar-refractivity contribution in [3.05, 3.63) is 192 Å². The number of anilines is 3. The van der Waals surface area contributed by atoms with Gasteiger partial charge in [0, 0.05) is 28.2 Å². The number of rotatable bonds is 4. The van der Waals surface area contributed by atoms with E-state index in [0.29, 0.717) is 23.5 Å². The van der Waals surface area contributed by atoms with E-state index in [1.807, 2.05) is 36.4 Å². The monoisotopic (exact) mass is 616 g/mol. The zero-order valence-electron chi connectivity index (χ0n) is 26.4. The number of hydrogen-bond acceptors (Lipinski definition) is 4. The van der Waals surface area contributed by atoms with Crippen molar-refractivity contribution in [1.82, 2.24) is 15.0 Å². The van der Waals surface area contributed by atoms with Gasteiger partial charge < -0.3 is 0 Å². The lowest BCUT2D eigenvalue weighted by molar-refractivity contribution is 0.740. The van der Waals surface area contributed by atoms with Crippen molar-refractivity contribution in [3.63, 3.8) is 0 Å². The summed E-state index contributed by atoms with van der Waals surface area (Å²) in [5.41, 5.74) is 13.0. The van der Waals surface area contributed by atoms with Gasteiger partial charge in [-0.15, -0.1) is 0 Å². The second kappa shape index (κ2) is 11.9. The van der Waals surface area contributed by atoms with Crippen molar-refractivity contribution in [1.29, 1.82) is 0 Å². The summed E-state index contributed by atoms with van der Waals surface area (Å²) in [5, 5.41) is 0. The number of aromatic nitrogens is 3. The molecule has 2 heterocycles. The topological polar surface area (TPSA) is 41.9 Å². The molecular weight excluding hydrogens is 585 g/mol. The number of benzene rings is 6. The molecule has 6 aromatic carbocycles. The highest BCUT2D eigenvalue weighted by Crippen LogP contribution is 2.53. The molecule has 1 unspecified atom stereocenters. The van der Waals surface area contributed by atoms with Gasteiger partial charge in [-0.05, 0) is 52.8 Å². The Morgan fingerprint density at radius 2 is 0.958 bits per heavy atom. The minimum atomic E-state index is 0.301. The van der Waals surface area contributed by atoms with Crippen LogP contribution in [0.2, 0.25) is 0 Å². The number of fused-ring (bicyclic) bond motifs is 6. The molecule has 1 aliphatic heterocycles. The van der Waals surface area contributed by atoms with Crippen LogP contribution in [-0.2, 0) is 0 Å². The summed E-state index contributed by atoms with van der Waals surface area (Å²) in [6.07, 6.45) is 1.95. The smallest absolute Gasteiger partial charge is 0.238 e. The first kappa shape index (κ1) is 28.1. The van der Waals surface area contributed by atoms with Crippen molar-refractivity contribution in [3.8, 4) is 22.8 Å². The second-order valence-electron chi connectivity index (χ2n) is 12.3. The molecule has 0 saturated heterocycles. The molecule has 0 radical (unpaired) electrons. The summed E-state index contributed by atoms with van der Waals surface area (Å²) in [4.78, 5) is 17.7. The highest BCUT2D eigenvalue weighted by molar-refractivity contribution is 6.08. The molecule has 228 valence electrons. The van der Waals surface area contributed by atoms with Gasteiger partial charge in [-0.25, -0.2) is 4.98 Å². The molecule has 48 heavy (non-hydrogen) atoms. The van der Waals surface area contributed by atoms with E-state index in [4.69, 9.17) is 15.0 Å². The van der Waals surface area contributed by atoms with Crippen LogP contribution in [0.15, 0.2) is 164 Å². The largest absolute Gasteiger partial charge is 0.278 e. The van der Waals surface area contributed by atoms with Crippen molar-refractivity contribution < 1.29 is 0 Å². The Balaban J connectivity index is 1.31. The minimum Gasteiger partial charge on any atom is -0.278 e. The Bertz CT molecular complexity index is 2240. The van der Waals surface area contributed by atoms with Gasteiger partial charge >= 0.3 is 0 Å². The summed E-state index contributed by atoms with van der Waals surface area (Å²) in [5.74, 6) is 2.18. The van der Waals surface area contributed by atoms with Crippen LogP contribution in [0.4, 0.5) is 17.3 Å². The van der Waals surface area contributed by atoms with Crippen LogP contribution in [0.5, 0.6) is 0 Å². The van der Waals surface area contributed by atoms with Gasteiger partial charge in [-0.2, -0.15) is 9.97 Å². The fraction of sp³-hybridized carbons (Fsp3) is 0.0682. The van der Waals surface area contributed by atoms with Crippen molar-refractivity contribution in [2.24, 2.45) is 0 Å². The van der Waals surface area contributed by atoms with Gasteiger partial charge in [0.25, 0.3) is 0 Å². The number of hydrogen-bond donors (Lipinski definition) is 0. The molecule has 0 amide bonds. The third kappa shape index (κ3) is 4.81. The van der Waals surface area contributed by atoms with Gasteiger partial charge in [-0.1, -0.05) is 152 Å². The minimum absolute atomic E-state index is 0.301. The maximum Gasteiger partial charge on any atom is 0.238 e. The first-order valence-corrected chi connectivity index (χ1v) is 16.6. The average Bonchev–Trinajstić information content (AvgIpc) is 3.41. The zero-order chi connectivity index (χ0) is 31.9. The molecular formula is C44H32N4. The molecule has 7 aromatic rings. The Labute approximate surface area is 280 Å². The van der Waals surface area contributed by atoms with Crippen LogP contribution >= 0.6 is 0 Å². The Morgan fingerprint density at radius 1 is 0.458 bits per heavy atom. The van der Waals surface area contributed by atoms with E-state index in [9.17, 15) is 0 Å². The van der Waals surface area contributed by atoms with Gasteiger partial charge in [0.2, 0.25) is 5.95 Å². The molecule has 0 N–H and O–H groups in total. The van der Waals surface area contributed by atoms with Gasteiger partial charge in [0.15, 0.2) is 11.6 Å². The SMILES string of the molecule is c1ccc(-c2nc(-c3ccccc3)nc(N3c4ccccc4C4=C(c5ccccc5C(c5ccccc5)CC4)c4ccccc43)n2)cc1. The third-order valence-corrected chi connectivity index (χ3v) is 9.56. The lowest BCUT2D eigenvalue weighted by Crippen LogP contribution is -2.17. The Kier molecular flexibility index (Phi) is 6.98. The fourth-order valence-corrected chi connectivity index (χ4v) is 7.42. The molecule has 4 heteroatoms. The van der Waals surface area contributed by atoms with E-state index < -0.39 is 0 Å². The van der Waals surface area contributed by atoms with E-state index in [1.54, 1.807) is 0 Å². The number of allylic oxidation sites excluding steroid dienone is 1.